The second-order valence-electron chi connectivity index (χ2n) is 6.59. The standard InChI is InChI=1S/C21H26N2O2/c1-3-25-19-11-9-16(10-12-19)15(2)23-21(24)22-14-18-13-20(18)17-7-5-4-6-8-17/h4-12,15,18,20H,3,13-14H2,1-2H3,(H2,22,23,24). The zero-order valence-corrected chi connectivity index (χ0v) is 14.9. The van der Waals surface area contributed by atoms with Crippen LogP contribution in [0.5, 0.6) is 5.75 Å². The normalized spacial score (nSPS) is 19.8. The van der Waals surface area contributed by atoms with Crippen molar-refractivity contribution in [2.24, 2.45) is 5.92 Å². The molecule has 3 rings (SSSR count). The highest BCUT2D eigenvalue weighted by molar-refractivity contribution is 5.74. The molecule has 4 nitrogen and oxygen atoms in total. The maximum atomic E-state index is 12.1. The molecule has 132 valence electrons. The van der Waals surface area contributed by atoms with Gasteiger partial charge in [0.25, 0.3) is 0 Å². The van der Waals surface area contributed by atoms with E-state index >= 15 is 0 Å². The molecule has 2 aromatic rings. The number of amides is 2. The second kappa shape index (κ2) is 8.06. The van der Waals surface area contributed by atoms with Gasteiger partial charge in [0.1, 0.15) is 5.75 Å². The average molecular weight is 338 g/mol. The first kappa shape index (κ1) is 17.3. The largest absolute Gasteiger partial charge is 0.494 e. The molecule has 3 atom stereocenters. The summed E-state index contributed by atoms with van der Waals surface area (Å²) in [4.78, 5) is 12.1. The highest BCUT2D eigenvalue weighted by Crippen LogP contribution is 2.46. The molecule has 1 aliphatic carbocycles. The van der Waals surface area contributed by atoms with Crippen molar-refractivity contribution < 1.29 is 9.53 Å². The number of benzene rings is 2. The molecule has 0 radical (unpaired) electrons. The van der Waals surface area contributed by atoms with Crippen molar-refractivity contribution in [3.63, 3.8) is 0 Å². The summed E-state index contributed by atoms with van der Waals surface area (Å²) in [5, 5.41) is 6.00. The summed E-state index contributed by atoms with van der Waals surface area (Å²) in [5.74, 6) is 1.99. The summed E-state index contributed by atoms with van der Waals surface area (Å²) in [6, 6.07) is 18.2. The molecule has 0 aromatic heterocycles. The number of urea groups is 1. The first-order valence-electron chi connectivity index (χ1n) is 8.99. The Morgan fingerprint density at radius 1 is 1.16 bits per heavy atom. The molecule has 4 heteroatoms. The molecule has 3 unspecified atom stereocenters. The third-order valence-electron chi connectivity index (χ3n) is 4.71. The van der Waals surface area contributed by atoms with E-state index in [4.69, 9.17) is 4.74 Å². The smallest absolute Gasteiger partial charge is 0.315 e. The summed E-state index contributed by atoms with van der Waals surface area (Å²) in [5.41, 5.74) is 2.43. The number of carbonyl (C=O) groups is 1. The van der Waals surface area contributed by atoms with Gasteiger partial charge < -0.3 is 15.4 Å². The minimum Gasteiger partial charge on any atom is -0.494 e. The molecule has 1 aliphatic rings. The summed E-state index contributed by atoms with van der Waals surface area (Å²) >= 11 is 0. The summed E-state index contributed by atoms with van der Waals surface area (Å²) in [6.07, 6.45) is 1.15. The van der Waals surface area contributed by atoms with E-state index in [-0.39, 0.29) is 12.1 Å². The monoisotopic (exact) mass is 338 g/mol. The van der Waals surface area contributed by atoms with E-state index in [1.807, 2.05) is 44.2 Å². The second-order valence-corrected chi connectivity index (χ2v) is 6.59. The van der Waals surface area contributed by atoms with Crippen LogP contribution in [0, 0.1) is 5.92 Å². The highest BCUT2D eigenvalue weighted by atomic mass is 16.5. The fourth-order valence-electron chi connectivity index (χ4n) is 3.16. The first-order chi connectivity index (χ1) is 12.2. The highest BCUT2D eigenvalue weighted by Gasteiger charge is 2.38. The van der Waals surface area contributed by atoms with E-state index in [2.05, 4.69) is 34.9 Å². The van der Waals surface area contributed by atoms with Crippen LogP contribution in [0.3, 0.4) is 0 Å². The predicted octanol–water partition coefficient (Wildman–Crippen LogP) is 4.25. The van der Waals surface area contributed by atoms with Crippen LogP contribution in [-0.4, -0.2) is 19.2 Å². The minimum atomic E-state index is -0.111. The maximum Gasteiger partial charge on any atom is 0.315 e. The first-order valence-corrected chi connectivity index (χ1v) is 8.99. The number of nitrogens with one attached hydrogen (secondary N) is 2. The number of ether oxygens (including phenoxy) is 1. The van der Waals surface area contributed by atoms with Crippen molar-refractivity contribution in [1.82, 2.24) is 10.6 Å². The quantitative estimate of drug-likeness (QED) is 0.793. The van der Waals surface area contributed by atoms with Gasteiger partial charge >= 0.3 is 6.03 Å². The Morgan fingerprint density at radius 2 is 1.88 bits per heavy atom. The molecule has 1 saturated carbocycles. The lowest BCUT2D eigenvalue weighted by Crippen LogP contribution is -2.38. The van der Waals surface area contributed by atoms with Gasteiger partial charge in [-0.2, -0.15) is 0 Å². The van der Waals surface area contributed by atoms with Gasteiger partial charge in [0.15, 0.2) is 0 Å². The van der Waals surface area contributed by atoms with Gasteiger partial charge in [-0.25, -0.2) is 4.79 Å². The van der Waals surface area contributed by atoms with Gasteiger partial charge in [-0.1, -0.05) is 42.5 Å². The molecular weight excluding hydrogens is 312 g/mol. The molecule has 0 bridgehead atoms. The molecule has 2 amide bonds. The Morgan fingerprint density at radius 3 is 2.56 bits per heavy atom. The van der Waals surface area contributed by atoms with E-state index in [9.17, 15) is 4.79 Å². The molecule has 0 heterocycles. The van der Waals surface area contributed by atoms with Crippen LogP contribution in [0.1, 0.15) is 43.4 Å². The maximum absolute atomic E-state index is 12.1. The summed E-state index contributed by atoms with van der Waals surface area (Å²) < 4.78 is 5.44. The van der Waals surface area contributed by atoms with Gasteiger partial charge in [-0.15, -0.1) is 0 Å². The van der Waals surface area contributed by atoms with Crippen LogP contribution in [0.25, 0.3) is 0 Å². The third kappa shape index (κ3) is 4.75. The Kier molecular flexibility index (Phi) is 5.59. The van der Waals surface area contributed by atoms with E-state index in [0.29, 0.717) is 18.4 Å². The van der Waals surface area contributed by atoms with E-state index in [1.165, 1.54) is 5.56 Å². The Labute approximate surface area is 149 Å². The number of rotatable bonds is 7. The van der Waals surface area contributed by atoms with Crippen molar-refractivity contribution >= 4 is 6.03 Å². The lowest BCUT2D eigenvalue weighted by molar-refractivity contribution is 0.237. The van der Waals surface area contributed by atoms with Gasteiger partial charge in [-0.3, -0.25) is 0 Å². The van der Waals surface area contributed by atoms with Crippen molar-refractivity contribution in [3.05, 3.63) is 65.7 Å². The fraction of sp³-hybridized carbons (Fsp3) is 0.381. The Hall–Kier alpha value is -2.49. The molecule has 1 fully saturated rings. The van der Waals surface area contributed by atoms with Crippen LogP contribution in [0.15, 0.2) is 54.6 Å². The molecule has 0 saturated heterocycles. The zero-order chi connectivity index (χ0) is 17.6. The third-order valence-corrected chi connectivity index (χ3v) is 4.71. The predicted molar refractivity (Wildman–Crippen MR) is 99.9 cm³/mol. The number of hydrogen-bond acceptors (Lipinski definition) is 2. The van der Waals surface area contributed by atoms with Gasteiger partial charge in [0, 0.05) is 6.54 Å². The Balaban J connectivity index is 1.42. The molecule has 0 spiro atoms. The van der Waals surface area contributed by atoms with E-state index in [1.54, 1.807) is 0 Å². The SMILES string of the molecule is CCOc1ccc(C(C)NC(=O)NCC2CC2c2ccccc2)cc1. The zero-order valence-electron chi connectivity index (χ0n) is 14.9. The van der Waals surface area contributed by atoms with Crippen molar-refractivity contribution in [3.8, 4) is 5.75 Å². The average Bonchev–Trinajstić information content (AvgIpc) is 3.41. The number of carbonyl (C=O) groups excluding carboxylic acids is 1. The van der Waals surface area contributed by atoms with Crippen LogP contribution >= 0.6 is 0 Å². The van der Waals surface area contributed by atoms with Crippen LogP contribution in [0.4, 0.5) is 4.79 Å². The molecule has 2 aromatic carbocycles. The molecule has 2 N–H and O–H groups in total. The summed E-state index contributed by atoms with van der Waals surface area (Å²) in [6.45, 7) is 5.33. The van der Waals surface area contributed by atoms with E-state index < -0.39 is 0 Å². The van der Waals surface area contributed by atoms with Gasteiger partial charge in [-0.05, 0) is 55.4 Å². The van der Waals surface area contributed by atoms with Crippen molar-refractivity contribution in [2.75, 3.05) is 13.2 Å². The summed E-state index contributed by atoms with van der Waals surface area (Å²) in [7, 11) is 0. The molecule has 25 heavy (non-hydrogen) atoms. The topological polar surface area (TPSA) is 50.4 Å². The van der Waals surface area contributed by atoms with Crippen LogP contribution in [-0.2, 0) is 0 Å². The van der Waals surface area contributed by atoms with Crippen LogP contribution in [0.2, 0.25) is 0 Å². The lowest BCUT2D eigenvalue weighted by atomic mass is 10.1. The number of hydrogen-bond donors (Lipinski definition) is 2. The van der Waals surface area contributed by atoms with Gasteiger partial charge in [0.2, 0.25) is 0 Å². The van der Waals surface area contributed by atoms with Crippen LogP contribution < -0.4 is 15.4 Å². The molecular formula is C21H26N2O2. The Bertz CT molecular complexity index is 685. The fourth-order valence-corrected chi connectivity index (χ4v) is 3.16. The lowest BCUT2D eigenvalue weighted by Gasteiger charge is -2.15. The minimum absolute atomic E-state index is 0.0419. The van der Waals surface area contributed by atoms with E-state index in [0.717, 1.165) is 24.3 Å². The molecule has 0 aliphatic heterocycles. The van der Waals surface area contributed by atoms with Crippen molar-refractivity contribution in [1.29, 1.82) is 0 Å². The van der Waals surface area contributed by atoms with Gasteiger partial charge in [0.05, 0.1) is 12.6 Å². The van der Waals surface area contributed by atoms with Crippen molar-refractivity contribution in [2.45, 2.75) is 32.2 Å².